The maximum Gasteiger partial charge on any atom is 0.124 e. The lowest BCUT2D eigenvalue weighted by Gasteiger charge is -2.19. The number of halogens is 2. The van der Waals surface area contributed by atoms with Gasteiger partial charge in [0, 0.05) is 22.5 Å². The lowest BCUT2D eigenvalue weighted by molar-refractivity contribution is 0.369. The third-order valence-electron chi connectivity index (χ3n) is 3.27. The zero-order valence-electron chi connectivity index (χ0n) is 8.76. The van der Waals surface area contributed by atoms with Gasteiger partial charge in [0.05, 0.1) is 0 Å². The summed E-state index contributed by atoms with van der Waals surface area (Å²) in [7, 11) is 0. The van der Waals surface area contributed by atoms with Crippen molar-refractivity contribution in [2.45, 2.75) is 31.4 Å². The van der Waals surface area contributed by atoms with Gasteiger partial charge in [-0.05, 0) is 31.4 Å². The second-order valence-electron chi connectivity index (χ2n) is 4.30. The summed E-state index contributed by atoms with van der Waals surface area (Å²) in [5.41, 5.74) is 7.39. The second-order valence-corrected chi connectivity index (χ2v) is 4.71. The van der Waals surface area contributed by atoms with Gasteiger partial charge in [0.2, 0.25) is 0 Å². The van der Waals surface area contributed by atoms with Crippen molar-refractivity contribution >= 4 is 11.6 Å². The molecule has 1 fully saturated rings. The molecule has 3 heteroatoms. The Kier molecular flexibility index (Phi) is 2.73. The number of rotatable bonds is 3. The Balaban J connectivity index is 2.51. The first-order valence-electron chi connectivity index (χ1n) is 5.24. The van der Waals surface area contributed by atoms with E-state index < -0.39 is 6.17 Å². The van der Waals surface area contributed by atoms with Crippen LogP contribution in [0.5, 0.6) is 0 Å². The molecule has 2 N–H and O–H groups in total. The van der Waals surface area contributed by atoms with Gasteiger partial charge >= 0.3 is 0 Å². The van der Waals surface area contributed by atoms with E-state index in [1.807, 2.05) is 12.1 Å². The van der Waals surface area contributed by atoms with Crippen LogP contribution in [0, 0.1) is 0 Å². The Morgan fingerprint density at radius 1 is 1.53 bits per heavy atom. The van der Waals surface area contributed by atoms with Crippen molar-refractivity contribution in [3.63, 3.8) is 0 Å². The SMILES string of the molecule is CC(F)c1c(Cl)cccc1C1(CN)CC1. The summed E-state index contributed by atoms with van der Waals surface area (Å²) in [5, 5.41) is 0.516. The maximum atomic E-state index is 13.5. The molecule has 0 amide bonds. The zero-order chi connectivity index (χ0) is 11.1. The number of nitrogens with two attached hydrogens (primary N) is 1. The molecule has 1 aromatic carbocycles. The first-order chi connectivity index (χ1) is 7.10. The van der Waals surface area contributed by atoms with Crippen LogP contribution in [-0.2, 0) is 5.41 Å². The Hall–Kier alpha value is -0.600. The van der Waals surface area contributed by atoms with Gasteiger partial charge in [-0.3, -0.25) is 0 Å². The lowest BCUT2D eigenvalue weighted by atomic mass is 9.90. The number of alkyl halides is 1. The molecule has 1 unspecified atom stereocenters. The lowest BCUT2D eigenvalue weighted by Crippen LogP contribution is -2.21. The molecule has 0 saturated heterocycles. The first kappa shape index (κ1) is 10.9. The number of hydrogen-bond acceptors (Lipinski definition) is 1. The van der Waals surface area contributed by atoms with Crippen LogP contribution in [0.15, 0.2) is 18.2 Å². The molecule has 0 aromatic heterocycles. The van der Waals surface area contributed by atoms with Crippen LogP contribution in [0.25, 0.3) is 0 Å². The van der Waals surface area contributed by atoms with Crippen LogP contribution in [0.1, 0.15) is 37.1 Å². The summed E-state index contributed by atoms with van der Waals surface area (Å²) in [6.45, 7) is 2.10. The average Bonchev–Trinajstić information content (AvgIpc) is 2.97. The van der Waals surface area contributed by atoms with Crippen molar-refractivity contribution in [2.75, 3.05) is 6.54 Å². The third kappa shape index (κ3) is 1.77. The highest BCUT2D eigenvalue weighted by Crippen LogP contribution is 2.50. The van der Waals surface area contributed by atoms with Crippen LogP contribution in [0.3, 0.4) is 0 Å². The van der Waals surface area contributed by atoms with Crippen molar-refractivity contribution < 1.29 is 4.39 Å². The molecular weight excluding hydrogens is 213 g/mol. The monoisotopic (exact) mass is 227 g/mol. The fraction of sp³-hybridized carbons (Fsp3) is 0.500. The van der Waals surface area contributed by atoms with Gasteiger partial charge in [0.25, 0.3) is 0 Å². The average molecular weight is 228 g/mol. The van der Waals surface area contributed by atoms with Gasteiger partial charge in [0.15, 0.2) is 0 Å². The minimum absolute atomic E-state index is 0.000579. The van der Waals surface area contributed by atoms with E-state index in [-0.39, 0.29) is 5.41 Å². The topological polar surface area (TPSA) is 26.0 Å². The van der Waals surface area contributed by atoms with Crippen LogP contribution >= 0.6 is 11.6 Å². The molecule has 0 radical (unpaired) electrons. The summed E-state index contributed by atoms with van der Waals surface area (Å²) in [6.07, 6.45) is 1.06. The van der Waals surface area contributed by atoms with E-state index >= 15 is 0 Å². The highest BCUT2D eigenvalue weighted by atomic mass is 35.5. The zero-order valence-corrected chi connectivity index (χ0v) is 9.52. The normalized spacial score (nSPS) is 20.0. The van der Waals surface area contributed by atoms with E-state index in [0.717, 1.165) is 18.4 Å². The molecular formula is C12H15ClFN. The number of hydrogen-bond donors (Lipinski definition) is 1. The molecule has 0 spiro atoms. The molecule has 0 bridgehead atoms. The summed E-state index contributed by atoms with van der Waals surface area (Å²) in [5.74, 6) is 0. The van der Waals surface area contributed by atoms with Gasteiger partial charge in [-0.25, -0.2) is 4.39 Å². The molecule has 82 valence electrons. The van der Waals surface area contributed by atoms with Gasteiger partial charge in [-0.15, -0.1) is 0 Å². The molecule has 1 aromatic rings. The number of benzene rings is 1. The molecule has 1 aliphatic rings. The Labute approximate surface area is 94.4 Å². The van der Waals surface area contributed by atoms with Crippen molar-refractivity contribution in [1.29, 1.82) is 0 Å². The van der Waals surface area contributed by atoms with Crippen molar-refractivity contribution in [1.82, 2.24) is 0 Å². The van der Waals surface area contributed by atoms with Gasteiger partial charge in [-0.2, -0.15) is 0 Å². The fourth-order valence-electron chi connectivity index (χ4n) is 2.14. The van der Waals surface area contributed by atoms with E-state index in [2.05, 4.69) is 0 Å². The molecule has 1 nitrogen and oxygen atoms in total. The van der Waals surface area contributed by atoms with E-state index in [4.69, 9.17) is 17.3 Å². The maximum absolute atomic E-state index is 13.5. The highest BCUT2D eigenvalue weighted by Gasteiger charge is 2.45. The molecule has 1 atom stereocenters. The smallest absolute Gasteiger partial charge is 0.124 e. The Bertz CT molecular complexity index is 372. The van der Waals surface area contributed by atoms with Gasteiger partial charge in [-0.1, -0.05) is 23.7 Å². The van der Waals surface area contributed by atoms with Crippen LogP contribution in [0.4, 0.5) is 4.39 Å². The molecule has 2 rings (SSSR count). The predicted molar refractivity (Wildman–Crippen MR) is 60.9 cm³/mol. The molecule has 1 aliphatic carbocycles. The van der Waals surface area contributed by atoms with Gasteiger partial charge in [0.1, 0.15) is 6.17 Å². The van der Waals surface area contributed by atoms with Crippen molar-refractivity contribution in [3.05, 3.63) is 34.3 Å². The second kappa shape index (κ2) is 3.76. The minimum Gasteiger partial charge on any atom is -0.330 e. The van der Waals surface area contributed by atoms with Crippen LogP contribution < -0.4 is 5.73 Å². The standard InChI is InChI=1S/C12H15ClFN/c1-8(14)11-9(3-2-4-10(11)13)12(7-15)5-6-12/h2-4,8H,5-7,15H2,1H3. The summed E-state index contributed by atoms with van der Waals surface area (Å²) >= 11 is 6.03. The van der Waals surface area contributed by atoms with E-state index in [9.17, 15) is 4.39 Å². The van der Waals surface area contributed by atoms with Crippen molar-refractivity contribution in [3.8, 4) is 0 Å². The predicted octanol–water partition coefficient (Wildman–Crippen LogP) is 3.36. The molecule has 0 heterocycles. The van der Waals surface area contributed by atoms with Crippen LogP contribution in [0.2, 0.25) is 5.02 Å². The van der Waals surface area contributed by atoms with E-state index in [1.54, 1.807) is 6.07 Å². The summed E-state index contributed by atoms with van der Waals surface area (Å²) < 4.78 is 13.5. The first-order valence-corrected chi connectivity index (χ1v) is 5.61. The summed E-state index contributed by atoms with van der Waals surface area (Å²) in [4.78, 5) is 0. The summed E-state index contributed by atoms with van der Waals surface area (Å²) in [6, 6.07) is 5.57. The molecule has 0 aliphatic heterocycles. The van der Waals surface area contributed by atoms with Crippen molar-refractivity contribution in [2.24, 2.45) is 5.73 Å². The van der Waals surface area contributed by atoms with Crippen LogP contribution in [-0.4, -0.2) is 6.54 Å². The quantitative estimate of drug-likeness (QED) is 0.842. The Morgan fingerprint density at radius 2 is 2.20 bits per heavy atom. The highest BCUT2D eigenvalue weighted by molar-refractivity contribution is 6.31. The Morgan fingerprint density at radius 3 is 2.67 bits per heavy atom. The molecule has 1 saturated carbocycles. The minimum atomic E-state index is -1.03. The largest absolute Gasteiger partial charge is 0.330 e. The molecule has 15 heavy (non-hydrogen) atoms. The third-order valence-corrected chi connectivity index (χ3v) is 3.60. The van der Waals surface area contributed by atoms with E-state index in [0.29, 0.717) is 17.1 Å². The fourth-order valence-corrected chi connectivity index (χ4v) is 2.46. The van der Waals surface area contributed by atoms with Gasteiger partial charge < -0.3 is 5.73 Å². The van der Waals surface area contributed by atoms with E-state index in [1.165, 1.54) is 6.92 Å².